The lowest BCUT2D eigenvalue weighted by Crippen LogP contribution is -2.36. The van der Waals surface area contributed by atoms with Crippen molar-refractivity contribution in [2.75, 3.05) is 12.8 Å². The molecule has 1 heterocycles. The van der Waals surface area contributed by atoms with Gasteiger partial charge in [0, 0.05) is 17.7 Å². The van der Waals surface area contributed by atoms with E-state index in [1.54, 1.807) is 11.3 Å². The number of thiazole rings is 1. The largest absolute Gasteiger partial charge is 0.357 e. The van der Waals surface area contributed by atoms with Gasteiger partial charge in [0.25, 0.3) is 0 Å². The highest BCUT2D eigenvalue weighted by Gasteiger charge is 2.11. The van der Waals surface area contributed by atoms with Gasteiger partial charge in [-0.15, -0.1) is 35.3 Å². The average molecular weight is 540 g/mol. The summed E-state index contributed by atoms with van der Waals surface area (Å²) in [6.45, 7) is 7.33. The lowest BCUT2D eigenvalue weighted by Gasteiger charge is -2.12. The molecule has 1 aromatic carbocycles. The van der Waals surface area contributed by atoms with E-state index < -0.39 is 15.7 Å². The smallest absolute Gasteiger partial charge is 0.191 e. The molecule has 2 N–H and O–H groups in total. The predicted molar refractivity (Wildman–Crippen MR) is 124 cm³/mol. The number of halogens is 2. The summed E-state index contributed by atoms with van der Waals surface area (Å²) in [5.74, 6) is 0.0326. The van der Waals surface area contributed by atoms with Crippen LogP contribution in [0.15, 0.2) is 23.2 Å². The molecule has 28 heavy (non-hydrogen) atoms. The number of guanidine groups is 1. The van der Waals surface area contributed by atoms with Crippen molar-refractivity contribution in [2.45, 2.75) is 39.6 Å². The molecule has 1 aromatic heterocycles. The molecule has 0 fully saturated rings. The fourth-order valence-corrected chi connectivity index (χ4v) is 4.30. The molecular formula is C18H26FIN4O2S2. The van der Waals surface area contributed by atoms with Crippen LogP contribution in [0.3, 0.4) is 0 Å². The van der Waals surface area contributed by atoms with E-state index in [1.165, 1.54) is 18.2 Å². The van der Waals surface area contributed by atoms with Crippen molar-refractivity contribution in [3.8, 4) is 0 Å². The second kappa shape index (κ2) is 11.1. The van der Waals surface area contributed by atoms with Crippen LogP contribution in [-0.2, 0) is 28.7 Å². The fourth-order valence-electron chi connectivity index (χ4n) is 2.57. The van der Waals surface area contributed by atoms with Gasteiger partial charge in [-0.25, -0.2) is 22.8 Å². The van der Waals surface area contributed by atoms with Gasteiger partial charge in [0.2, 0.25) is 0 Å². The van der Waals surface area contributed by atoms with Crippen molar-refractivity contribution < 1.29 is 12.8 Å². The van der Waals surface area contributed by atoms with Crippen molar-refractivity contribution >= 4 is 51.1 Å². The Balaban J connectivity index is 0.00000392. The maximum atomic E-state index is 13.6. The quantitative estimate of drug-likeness (QED) is 0.320. The molecular weight excluding hydrogens is 514 g/mol. The Morgan fingerprint density at radius 3 is 2.54 bits per heavy atom. The SMILES string of the molecule is CCNC(=NCc1cc(F)ccc1CS(C)(=O)=O)NCc1sc(C)nc1C.I. The van der Waals surface area contributed by atoms with Gasteiger partial charge in [-0.1, -0.05) is 6.07 Å². The summed E-state index contributed by atoms with van der Waals surface area (Å²) in [4.78, 5) is 10.0. The first-order valence-electron chi connectivity index (χ1n) is 8.58. The monoisotopic (exact) mass is 540 g/mol. The van der Waals surface area contributed by atoms with Crippen molar-refractivity contribution in [3.05, 3.63) is 50.7 Å². The van der Waals surface area contributed by atoms with Crippen molar-refractivity contribution in [3.63, 3.8) is 0 Å². The van der Waals surface area contributed by atoms with Gasteiger partial charge >= 0.3 is 0 Å². The number of sulfone groups is 1. The van der Waals surface area contributed by atoms with Crippen molar-refractivity contribution in [1.29, 1.82) is 0 Å². The molecule has 156 valence electrons. The number of hydrogen-bond acceptors (Lipinski definition) is 5. The van der Waals surface area contributed by atoms with E-state index in [9.17, 15) is 12.8 Å². The van der Waals surface area contributed by atoms with Gasteiger partial charge in [-0.05, 0) is 44.0 Å². The number of rotatable bonds is 7. The molecule has 10 heteroatoms. The molecule has 0 saturated carbocycles. The maximum Gasteiger partial charge on any atom is 0.191 e. The summed E-state index contributed by atoms with van der Waals surface area (Å²) >= 11 is 1.63. The van der Waals surface area contributed by atoms with Crippen LogP contribution in [0.5, 0.6) is 0 Å². The van der Waals surface area contributed by atoms with Crippen molar-refractivity contribution in [1.82, 2.24) is 15.6 Å². The lowest BCUT2D eigenvalue weighted by molar-refractivity contribution is 0.600. The molecule has 2 rings (SSSR count). The van der Waals surface area contributed by atoms with Crippen LogP contribution in [0.1, 0.15) is 33.6 Å². The summed E-state index contributed by atoms with van der Waals surface area (Å²) in [6.07, 6.45) is 1.16. The number of aromatic nitrogens is 1. The highest BCUT2D eigenvalue weighted by Crippen LogP contribution is 2.17. The molecule has 0 atom stereocenters. The number of aliphatic imine (C=N–C) groups is 1. The zero-order valence-electron chi connectivity index (χ0n) is 16.4. The van der Waals surface area contributed by atoms with Crippen LogP contribution < -0.4 is 10.6 Å². The molecule has 6 nitrogen and oxygen atoms in total. The first-order chi connectivity index (χ1) is 12.7. The lowest BCUT2D eigenvalue weighted by atomic mass is 10.1. The van der Waals surface area contributed by atoms with Crippen LogP contribution >= 0.6 is 35.3 Å². The molecule has 2 aromatic rings. The molecule has 0 amide bonds. The Kier molecular flexibility index (Phi) is 9.78. The second-order valence-electron chi connectivity index (χ2n) is 6.27. The molecule has 0 bridgehead atoms. The Bertz CT molecular complexity index is 930. The Morgan fingerprint density at radius 2 is 1.96 bits per heavy atom. The average Bonchev–Trinajstić information content (AvgIpc) is 2.88. The third-order valence-electron chi connectivity index (χ3n) is 3.75. The topological polar surface area (TPSA) is 83.5 Å². The summed E-state index contributed by atoms with van der Waals surface area (Å²) < 4.78 is 36.9. The van der Waals surface area contributed by atoms with Gasteiger partial charge in [-0.3, -0.25) is 0 Å². The molecule has 0 saturated heterocycles. The minimum absolute atomic E-state index is 0. The summed E-state index contributed by atoms with van der Waals surface area (Å²) in [5, 5.41) is 7.39. The molecule has 0 spiro atoms. The highest BCUT2D eigenvalue weighted by atomic mass is 127. The second-order valence-corrected chi connectivity index (χ2v) is 9.70. The van der Waals surface area contributed by atoms with Crippen LogP contribution in [0, 0.1) is 19.7 Å². The maximum absolute atomic E-state index is 13.6. The molecule has 0 aliphatic rings. The van der Waals surface area contributed by atoms with E-state index in [0.717, 1.165) is 21.8 Å². The standard InChI is InChI=1S/C18H25FN4O2S2.HI/c1-5-20-18(22-10-17-12(2)23-13(3)26-17)21-9-15-8-16(19)7-6-14(15)11-27(4,24)25;/h6-8H,5,9-11H2,1-4H3,(H2,20,21,22);1H. The third-order valence-corrected chi connectivity index (χ3v) is 5.66. The van der Waals surface area contributed by atoms with Gasteiger partial charge in [0.15, 0.2) is 15.8 Å². The van der Waals surface area contributed by atoms with E-state index in [-0.39, 0.29) is 36.3 Å². The Labute approximate surface area is 187 Å². The minimum Gasteiger partial charge on any atom is -0.357 e. The van der Waals surface area contributed by atoms with E-state index in [0.29, 0.717) is 30.2 Å². The summed E-state index contributed by atoms with van der Waals surface area (Å²) in [7, 11) is -3.22. The fraction of sp³-hybridized carbons (Fsp3) is 0.444. The number of benzene rings is 1. The highest BCUT2D eigenvalue weighted by molar-refractivity contribution is 14.0. The van der Waals surface area contributed by atoms with Gasteiger partial charge in [0.1, 0.15) is 5.82 Å². The van der Waals surface area contributed by atoms with Crippen LogP contribution in [0.25, 0.3) is 0 Å². The van der Waals surface area contributed by atoms with Crippen molar-refractivity contribution in [2.24, 2.45) is 4.99 Å². The van der Waals surface area contributed by atoms with E-state index in [4.69, 9.17) is 0 Å². The zero-order chi connectivity index (χ0) is 20.0. The van der Waals surface area contributed by atoms with Crippen LogP contribution in [-0.4, -0.2) is 32.2 Å². The number of aryl methyl sites for hydroxylation is 2. The van der Waals surface area contributed by atoms with E-state index in [1.807, 2.05) is 20.8 Å². The van der Waals surface area contributed by atoms with E-state index >= 15 is 0 Å². The number of hydrogen-bond donors (Lipinski definition) is 2. The molecule has 0 radical (unpaired) electrons. The number of nitrogens with one attached hydrogen (secondary N) is 2. The van der Waals surface area contributed by atoms with Crippen LogP contribution in [0.4, 0.5) is 4.39 Å². The normalized spacial score (nSPS) is 11.8. The predicted octanol–water partition coefficient (Wildman–Crippen LogP) is 3.32. The zero-order valence-corrected chi connectivity index (χ0v) is 20.3. The van der Waals surface area contributed by atoms with Gasteiger partial charge in [0.05, 0.1) is 29.5 Å². The number of nitrogens with zero attached hydrogens (tertiary/aromatic N) is 2. The minimum atomic E-state index is -3.22. The first kappa shape index (κ1) is 24.8. The van der Waals surface area contributed by atoms with Crippen LogP contribution in [0.2, 0.25) is 0 Å². The summed E-state index contributed by atoms with van der Waals surface area (Å²) in [5.41, 5.74) is 2.11. The Hall–Kier alpha value is -1.27. The molecule has 0 aliphatic carbocycles. The summed E-state index contributed by atoms with van der Waals surface area (Å²) in [6, 6.07) is 4.11. The van der Waals surface area contributed by atoms with Gasteiger partial charge in [-0.2, -0.15) is 0 Å². The third kappa shape index (κ3) is 8.00. The first-order valence-corrected chi connectivity index (χ1v) is 11.5. The molecule has 0 unspecified atom stereocenters. The van der Waals surface area contributed by atoms with Gasteiger partial charge < -0.3 is 10.6 Å². The molecule has 0 aliphatic heterocycles. The Morgan fingerprint density at radius 1 is 1.25 bits per heavy atom. The van der Waals surface area contributed by atoms with E-state index in [2.05, 4.69) is 20.6 Å².